The van der Waals surface area contributed by atoms with E-state index in [0.29, 0.717) is 12.3 Å². The van der Waals surface area contributed by atoms with E-state index in [-0.39, 0.29) is 5.92 Å². The molecule has 1 unspecified atom stereocenters. The molecule has 0 fully saturated rings. The highest BCUT2D eigenvalue weighted by Gasteiger charge is 2.33. The van der Waals surface area contributed by atoms with Crippen LogP contribution in [0, 0.1) is 5.41 Å². The number of nitrogens with one attached hydrogen (secondary N) is 1. The van der Waals surface area contributed by atoms with Gasteiger partial charge in [0.15, 0.2) is 5.90 Å². The second-order valence-corrected chi connectivity index (χ2v) is 6.50. The highest BCUT2D eigenvalue weighted by Crippen LogP contribution is 2.45. The molecule has 0 saturated heterocycles. The molecule has 3 nitrogen and oxygen atoms in total. The molecule has 0 bridgehead atoms. The predicted molar refractivity (Wildman–Crippen MR) is 88.7 cm³/mol. The number of hydrogen-bond acceptors (Lipinski definition) is 4. The van der Waals surface area contributed by atoms with E-state index in [1.54, 1.807) is 18.4 Å². The van der Waals surface area contributed by atoms with Crippen molar-refractivity contribution >= 4 is 23.0 Å². The molecule has 112 valence electrons. The minimum Gasteiger partial charge on any atom is -0.497 e. The van der Waals surface area contributed by atoms with Gasteiger partial charge in [-0.25, -0.2) is 0 Å². The fourth-order valence-corrected chi connectivity index (χ4v) is 4.10. The molecule has 2 aliphatic rings. The Kier molecular flexibility index (Phi) is 3.26. The first-order valence-corrected chi connectivity index (χ1v) is 8.38. The molecule has 1 atom stereocenters. The lowest BCUT2D eigenvalue weighted by Gasteiger charge is -2.33. The first kappa shape index (κ1) is 13.6. The number of thiophene rings is 1. The molecule has 2 aromatic rings. The monoisotopic (exact) mass is 311 g/mol. The first-order chi connectivity index (χ1) is 10.8. The van der Waals surface area contributed by atoms with E-state index in [1.165, 1.54) is 16.7 Å². The Hall–Kier alpha value is -2.07. The minimum absolute atomic E-state index is 0.279. The summed E-state index contributed by atoms with van der Waals surface area (Å²) in [7, 11) is 1.68. The van der Waals surface area contributed by atoms with Gasteiger partial charge in [0, 0.05) is 17.9 Å². The molecule has 22 heavy (non-hydrogen) atoms. The highest BCUT2D eigenvalue weighted by molar-refractivity contribution is 7.08. The van der Waals surface area contributed by atoms with E-state index < -0.39 is 0 Å². The molecule has 0 spiro atoms. The van der Waals surface area contributed by atoms with Crippen LogP contribution in [0.4, 0.5) is 0 Å². The molecule has 4 heteroatoms. The molecule has 1 aromatic carbocycles. The summed E-state index contributed by atoms with van der Waals surface area (Å²) in [6.45, 7) is 0. The SMILES string of the molecule is COc1ccc2c(c1)C1=C(CC2)C(c2ccsc2)CC(=N)O1. The standard InChI is InChI=1S/C18H17NO2S/c1-20-13-4-2-11-3-5-14-15(12-6-7-22-10-12)9-17(19)21-18(14)16(11)8-13/h2,4,6-8,10,15,19H,3,5,9H2,1H3. The third kappa shape index (κ3) is 2.15. The zero-order valence-corrected chi connectivity index (χ0v) is 13.2. The van der Waals surface area contributed by atoms with Gasteiger partial charge in [0.25, 0.3) is 0 Å². The van der Waals surface area contributed by atoms with E-state index in [4.69, 9.17) is 14.9 Å². The van der Waals surface area contributed by atoms with Gasteiger partial charge in [0.2, 0.25) is 0 Å². The fraction of sp³-hybridized carbons (Fsp3) is 0.278. The summed E-state index contributed by atoms with van der Waals surface area (Å²) in [5, 5.41) is 12.4. The Morgan fingerprint density at radius 3 is 2.95 bits per heavy atom. The van der Waals surface area contributed by atoms with E-state index in [1.807, 2.05) is 12.1 Å². The first-order valence-electron chi connectivity index (χ1n) is 7.44. The van der Waals surface area contributed by atoms with Crippen molar-refractivity contribution in [3.05, 3.63) is 57.3 Å². The summed E-state index contributed by atoms with van der Waals surface area (Å²) >= 11 is 1.71. The number of methoxy groups -OCH3 is 1. The molecule has 4 rings (SSSR count). The number of allylic oxidation sites excluding steroid dienone is 1. The third-order valence-corrected chi connectivity index (χ3v) is 5.20. The fourth-order valence-electron chi connectivity index (χ4n) is 3.39. The van der Waals surface area contributed by atoms with Crippen LogP contribution < -0.4 is 4.74 Å². The molecule has 1 N–H and O–H groups in total. The molecule has 1 aromatic heterocycles. The number of fused-ring (bicyclic) bond motifs is 2. The summed E-state index contributed by atoms with van der Waals surface area (Å²) in [6, 6.07) is 8.31. The zero-order chi connectivity index (χ0) is 15.1. The molecular weight excluding hydrogens is 294 g/mol. The van der Waals surface area contributed by atoms with Crippen molar-refractivity contribution in [2.75, 3.05) is 7.11 Å². The van der Waals surface area contributed by atoms with Crippen LogP contribution in [0.15, 0.2) is 40.6 Å². The maximum Gasteiger partial charge on any atom is 0.188 e. The molecular formula is C18H17NO2S. The van der Waals surface area contributed by atoms with Crippen LogP contribution in [0.25, 0.3) is 5.76 Å². The lowest BCUT2D eigenvalue weighted by molar-refractivity contribution is 0.411. The second-order valence-electron chi connectivity index (χ2n) is 5.72. The summed E-state index contributed by atoms with van der Waals surface area (Å²) in [5.41, 5.74) is 5.00. The normalized spacial score (nSPS) is 20.2. The van der Waals surface area contributed by atoms with Crippen molar-refractivity contribution in [1.29, 1.82) is 5.41 Å². The molecule has 2 heterocycles. The number of rotatable bonds is 2. The molecule has 1 aliphatic heterocycles. The van der Waals surface area contributed by atoms with Crippen molar-refractivity contribution in [3.63, 3.8) is 0 Å². The van der Waals surface area contributed by atoms with Gasteiger partial charge in [-0.2, -0.15) is 11.3 Å². The molecule has 0 saturated carbocycles. The van der Waals surface area contributed by atoms with Crippen LogP contribution in [0.1, 0.15) is 35.4 Å². The largest absolute Gasteiger partial charge is 0.497 e. The van der Waals surface area contributed by atoms with E-state index >= 15 is 0 Å². The Morgan fingerprint density at radius 2 is 2.18 bits per heavy atom. The van der Waals surface area contributed by atoms with Gasteiger partial charge < -0.3 is 9.47 Å². The van der Waals surface area contributed by atoms with E-state index in [0.717, 1.165) is 29.9 Å². The predicted octanol–water partition coefficient (Wildman–Crippen LogP) is 4.60. The average molecular weight is 311 g/mol. The maximum absolute atomic E-state index is 8.10. The number of hydrogen-bond donors (Lipinski definition) is 1. The summed E-state index contributed by atoms with van der Waals surface area (Å²) in [5.74, 6) is 2.35. The Labute approximate surface area is 133 Å². The van der Waals surface area contributed by atoms with Crippen LogP contribution in [0.2, 0.25) is 0 Å². The number of ether oxygens (including phenoxy) is 2. The second kappa shape index (κ2) is 5.29. The molecule has 0 amide bonds. The Bertz CT molecular complexity index is 761. The van der Waals surface area contributed by atoms with E-state index in [2.05, 4.69) is 22.9 Å². The number of benzene rings is 1. The highest BCUT2D eigenvalue weighted by atomic mass is 32.1. The van der Waals surface area contributed by atoms with Crippen LogP contribution in [-0.4, -0.2) is 13.0 Å². The van der Waals surface area contributed by atoms with Crippen molar-refractivity contribution in [2.24, 2.45) is 0 Å². The molecule has 0 radical (unpaired) electrons. The van der Waals surface area contributed by atoms with Crippen LogP contribution >= 0.6 is 11.3 Å². The zero-order valence-electron chi connectivity index (χ0n) is 12.4. The van der Waals surface area contributed by atoms with Gasteiger partial charge in [-0.1, -0.05) is 6.07 Å². The van der Waals surface area contributed by atoms with Gasteiger partial charge >= 0.3 is 0 Å². The van der Waals surface area contributed by atoms with Gasteiger partial charge in [0.05, 0.1) is 7.11 Å². The smallest absolute Gasteiger partial charge is 0.188 e. The summed E-state index contributed by atoms with van der Waals surface area (Å²) in [4.78, 5) is 0. The average Bonchev–Trinajstić information content (AvgIpc) is 3.07. The van der Waals surface area contributed by atoms with Gasteiger partial charge in [-0.15, -0.1) is 0 Å². The van der Waals surface area contributed by atoms with Gasteiger partial charge in [-0.3, -0.25) is 5.41 Å². The van der Waals surface area contributed by atoms with Crippen molar-refractivity contribution in [2.45, 2.75) is 25.2 Å². The summed E-state index contributed by atoms with van der Waals surface area (Å²) in [6.07, 6.45) is 2.69. The van der Waals surface area contributed by atoms with Crippen LogP contribution in [-0.2, 0) is 11.2 Å². The maximum atomic E-state index is 8.10. The topological polar surface area (TPSA) is 42.3 Å². The lowest BCUT2D eigenvalue weighted by atomic mass is 9.79. The van der Waals surface area contributed by atoms with Gasteiger partial charge in [0.1, 0.15) is 11.5 Å². The molecule has 1 aliphatic carbocycles. The third-order valence-electron chi connectivity index (χ3n) is 4.50. The number of aryl methyl sites for hydroxylation is 1. The van der Waals surface area contributed by atoms with E-state index in [9.17, 15) is 0 Å². The van der Waals surface area contributed by atoms with Crippen molar-refractivity contribution in [1.82, 2.24) is 0 Å². The Morgan fingerprint density at radius 1 is 1.27 bits per heavy atom. The van der Waals surface area contributed by atoms with Crippen LogP contribution in [0.5, 0.6) is 5.75 Å². The quantitative estimate of drug-likeness (QED) is 0.881. The minimum atomic E-state index is 0.279. The van der Waals surface area contributed by atoms with Crippen LogP contribution in [0.3, 0.4) is 0 Å². The van der Waals surface area contributed by atoms with Crippen molar-refractivity contribution in [3.8, 4) is 5.75 Å². The lowest BCUT2D eigenvalue weighted by Crippen LogP contribution is -2.22. The Balaban J connectivity index is 1.86. The van der Waals surface area contributed by atoms with Crippen molar-refractivity contribution < 1.29 is 9.47 Å². The van der Waals surface area contributed by atoms with Gasteiger partial charge in [-0.05, 0) is 58.5 Å². The summed E-state index contributed by atoms with van der Waals surface area (Å²) < 4.78 is 11.2.